The molecular formula is C10H11Cl2N3O2. The monoisotopic (exact) mass is 275 g/mol. The zero-order chi connectivity index (χ0) is 10.7. The van der Waals surface area contributed by atoms with Crippen molar-refractivity contribution in [2.45, 2.75) is 6.42 Å². The summed E-state index contributed by atoms with van der Waals surface area (Å²) in [6.45, 7) is 0. The Morgan fingerprint density at radius 2 is 1.94 bits per heavy atom. The first kappa shape index (κ1) is 15.4. The molecule has 7 heteroatoms. The first-order valence-electron chi connectivity index (χ1n) is 4.39. The molecule has 0 bridgehead atoms. The molecular weight excluding hydrogens is 265 g/mol. The van der Waals surface area contributed by atoms with Gasteiger partial charge in [-0.25, -0.2) is 4.98 Å². The summed E-state index contributed by atoms with van der Waals surface area (Å²) in [7, 11) is 0. The molecule has 2 N–H and O–H groups in total. The number of amides is 1. The normalized spacial score (nSPS) is 8.94. The number of carbonyl (C=O) groups is 1. The van der Waals surface area contributed by atoms with Gasteiger partial charge in [0.05, 0.1) is 0 Å². The summed E-state index contributed by atoms with van der Waals surface area (Å²) in [5.74, 6) is -0.116. The smallest absolute Gasteiger partial charge is 0.270 e. The van der Waals surface area contributed by atoms with E-state index < -0.39 is 5.91 Å². The van der Waals surface area contributed by atoms with Crippen molar-refractivity contribution in [2.75, 3.05) is 0 Å². The van der Waals surface area contributed by atoms with E-state index in [1.54, 1.807) is 12.4 Å². The molecule has 0 atom stereocenters. The Bertz CT molecular complexity index is 473. The van der Waals surface area contributed by atoms with Crippen LogP contribution in [-0.2, 0) is 6.42 Å². The molecule has 2 heterocycles. The second-order valence-corrected chi connectivity index (χ2v) is 3.02. The van der Waals surface area contributed by atoms with Crippen molar-refractivity contribution in [1.82, 2.24) is 9.97 Å². The van der Waals surface area contributed by atoms with Gasteiger partial charge in [0.25, 0.3) is 5.91 Å². The fourth-order valence-corrected chi connectivity index (χ4v) is 1.18. The molecule has 0 aliphatic heterocycles. The highest BCUT2D eigenvalue weighted by atomic mass is 35.5. The third-order valence-corrected chi connectivity index (χ3v) is 1.91. The van der Waals surface area contributed by atoms with Crippen molar-refractivity contribution < 1.29 is 9.21 Å². The summed E-state index contributed by atoms with van der Waals surface area (Å²) >= 11 is 0. The lowest BCUT2D eigenvalue weighted by molar-refractivity contribution is 0.0995. The van der Waals surface area contributed by atoms with E-state index in [0.717, 1.165) is 5.56 Å². The summed E-state index contributed by atoms with van der Waals surface area (Å²) in [6.07, 6.45) is 5.16. The second kappa shape index (κ2) is 6.88. The van der Waals surface area contributed by atoms with Gasteiger partial charge in [0, 0.05) is 18.8 Å². The van der Waals surface area contributed by atoms with Crippen LogP contribution in [0.5, 0.6) is 0 Å². The van der Waals surface area contributed by atoms with Crippen molar-refractivity contribution in [2.24, 2.45) is 5.73 Å². The van der Waals surface area contributed by atoms with Gasteiger partial charge >= 0.3 is 0 Å². The first-order valence-corrected chi connectivity index (χ1v) is 4.39. The SMILES string of the molecule is Cl.Cl.NC(=O)c1coc(Cc2ccncc2)n1. The van der Waals surface area contributed by atoms with Crippen LogP contribution in [0.1, 0.15) is 21.9 Å². The molecule has 0 aliphatic rings. The largest absolute Gasteiger partial charge is 0.448 e. The number of hydrogen-bond acceptors (Lipinski definition) is 4. The van der Waals surface area contributed by atoms with E-state index >= 15 is 0 Å². The minimum Gasteiger partial charge on any atom is -0.448 e. The zero-order valence-corrected chi connectivity index (χ0v) is 10.3. The fourth-order valence-electron chi connectivity index (χ4n) is 1.18. The lowest BCUT2D eigenvalue weighted by Crippen LogP contribution is -2.11. The van der Waals surface area contributed by atoms with Gasteiger partial charge in [-0.1, -0.05) is 0 Å². The Morgan fingerprint density at radius 3 is 2.47 bits per heavy atom. The van der Waals surface area contributed by atoms with Gasteiger partial charge in [0.1, 0.15) is 6.26 Å². The van der Waals surface area contributed by atoms with E-state index in [9.17, 15) is 4.79 Å². The number of hydrogen-bond donors (Lipinski definition) is 1. The summed E-state index contributed by atoms with van der Waals surface area (Å²) in [5, 5.41) is 0. The van der Waals surface area contributed by atoms with Crippen LogP contribution in [0.4, 0.5) is 0 Å². The Balaban J connectivity index is 0.00000128. The van der Waals surface area contributed by atoms with Gasteiger partial charge < -0.3 is 10.2 Å². The number of oxazole rings is 1. The van der Waals surface area contributed by atoms with Gasteiger partial charge in [0.2, 0.25) is 0 Å². The van der Waals surface area contributed by atoms with Crippen molar-refractivity contribution in [3.05, 3.63) is 47.9 Å². The van der Waals surface area contributed by atoms with Crippen molar-refractivity contribution in [3.63, 3.8) is 0 Å². The van der Waals surface area contributed by atoms with E-state index in [1.165, 1.54) is 6.26 Å². The zero-order valence-electron chi connectivity index (χ0n) is 8.70. The van der Waals surface area contributed by atoms with Crippen LogP contribution in [-0.4, -0.2) is 15.9 Å². The maximum absolute atomic E-state index is 10.8. The van der Waals surface area contributed by atoms with Gasteiger partial charge in [-0.05, 0) is 17.7 Å². The number of halogens is 2. The summed E-state index contributed by atoms with van der Waals surface area (Å²) in [4.78, 5) is 18.6. The van der Waals surface area contributed by atoms with Gasteiger partial charge in [-0.2, -0.15) is 0 Å². The number of aromatic nitrogens is 2. The summed E-state index contributed by atoms with van der Waals surface area (Å²) in [5.41, 5.74) is 6.22. The fraction of sp³-hybridized carbons (Fsp3) is 0.100. The van der Waals surface area contributed by atoms with Crippen LogP contribution in [0.15, 0.2) is 35.2 Å². The molecule has 17 heavy (non-hydrogen) atoms. The van der Waals surface area contributed by atoms with E-state index in [2.05, 4.69) is 9.97 Å². The average molecular weight is 276 g/mol. The standard InChI is InChI=1S/C10H9N3O2.2ClH/c11-10(14)8-6-15-9(13-8)5-7-1-3-12-4-2-7;;/h1-4,6H,5H2,(H2,11,14);2*1H. The lowest BCUT2D eigenvalue weighted by Gasteiger charge is -1.94. The third-order valence-electron chi connectivity index (χ3n) is 1.91. The Kier molecular flexibility index (Phi) is 6.23. The molecule has 0 aliphatic carbocycles. The molecule has 2 rings (SSSR count). The minimum atomic E-state index is -0.584. The maximum atomic E-state index is 10.8. The molecule has 0 aromatic carbocycles. The topological polar surface area (TPSA) is 82.0 Å². The summed E-state index contributed by atoms with van der Waals surface area (Å²) < 4.78 is 5.10. The Morgan fingerprint density at radius 1 is 1.29 bits per heavy atom. The highest BCUT2D eigenvalue weighted by Gasteiger charge is 2.08. The van der Waals surface area contributed by atoms with E-state index in [0.29, 0.717) is 12.3 Å². The molecule has 0 saturated heterocycles. The lowest BCUT2D eigenvalue weighted by atomic mass is 10.2. The molecule has 0 spiro atoms. The van der Waals surface area contributed by atoms with Crippen LogP contribution in [0, 0.1) is 0 Å². The van der Waals surface area contributed by atoms with Gasteiger partial charge in [-0.3, -0.25) is 9.78 Å². The second-order valence-electron chi connectivity index (χ2n) is 3.02. The quantitative estimate of drug-likeness (QED) is 0.923. The number of nitrogens with zero attached hydrogens (tertiary/aromatic N) is 2. The van der Waals surface area contributed by atoms with Crippen molar-refractivity contribution in [3.8, 4) is 0 Å². The molecule has 0 radical (unpaired) electrons. The highest BCUT2D eigenvalue weighted by molar-refractivity contribution is 5.90. The maximum Gasteiger partial charge on any atom is 0.270 e. The number of primary amides is 1. The molecule has 1 amide bonds. The molecule has 5 nitrogen and oxygen atoms in total. The van der Waals surface area contributed by atoms with Crippen molar-refractivity contribution >= 4 is 30.7 Å². The van der Waals surface area contributed by atoms with E-state index in [-0.39, 0.29) is 30.5 Å². The third kappa shape index (κ3) is 4.05. The predicted molar refractivity (Wildman–Crippen MR) is 66.6 cm³/mol. The van der Waals surface area contributed by atoms with Crippen LogP contribution >= 0.6 is 24.8 Å². The van der Waals surface area contributed by atoms with Gasteiger partial charge in [0.15, 0.2) is 11.6 Å². The molecule has 2 aromatic heterocycles. The first-order chi connectivity index (χ1) is 7.25. The predicted octanol–water partition coefficient (Wildman–Crippen LogP) is 1.60. The van der Waals surface area contributed by atoms with E-state index in [1.807, 2.05) is 12.1 Å². The van der Waals surface area contributed by atoms with Crippen LogP contribution in [0.2, 0.25) is 0 Å². The molecule has 0 fully saturated rings. The number of carbonyl (C=O) groups excluding carboxylic acids is 1. The number of rotatable bonds is 3. The number of nitrogens with two attached hydrogens (primary N) is 1. The Labute approximate surface area is 110 Å². The highest BCUT2D eigenvalue weighted by Crippen LogP contribution is 2.08. The van der Waals surface area contributed by atoms with Crippen LogP contribution in [0.3, 0.4) is 0 Å². The summed E-state index contributed by atoms with van der Waals surface area (Å²) in [6, 6.07) is 3.71. The van der Waals surface area contributed by atoms with Crippen molar-refractivity contribution in [1.29, 1.82) is 0 Å². The van der Waals surface area contributed by atoms with Crippen LogP contribution < -0.4 is 5.73 Å². The van der Waals surface area contributed by atoms with Gasteiger partial charge in [-0.15, -0.1) is 24.8 Å². The Hall–Kier alpha value is -1.59. The van der Waals surface area contributed by atoms with E-state index in [4.69, 9.17) is 10.2 Å². The molecule has 2 aromatic rings. The minimum absolute atomic E-state index is 0. The average Bonchev–Trinajstić information content (AvgIpc) is 2.68. The van der Waals surface area contributed by atoms with Crippen LogP contribution in [0.25, 0.3) is 0 Å². The molecule has 0 unspecified atom stereocenters. The molecule has 0 saturated carbocycles. The number of pyridine rings is 1. The molecule has 92 valence electrons.